The van der Waals surface area contributed by atoms with Gasteiger partial charge in [0.1, 0.15) is 18.2 Å². The van der Waals surface area contributed by atoms with E-state index < -0.39 is 29.8 Å². The van der Waals surface area contributed by atoms with Gasteiger partial charge in [0, 0.05) is 31.0 Å². The Kier molecular flexibility index (Phi) is 7.10. The summed E-state index contributed by atoms with van der Waals surface area (Å²) in [5.74, 6) is -1.31. The highest BCUT2D eigenvalue weighted by atomic mass is 16.6. The van der Waals surface area contributed by atoms with Gasteiger partial charge in [-0.1, -0.05) is 66.7 Å². The van der Waals surface area contributed by atoms with E-state index >= 15 is 0 Å². The summed E-state index contributed by atoms with van der Waals surface area (Å²) < 4.78 is 12.6. The van der Waals surface area contributed by atoms with E-state index in [9.17, 15) is 19.5 Å². The number of aromatic nitrogens is 1. The molecule has 1 amide bonds. The number of hydrogen-bond donors (Lipinski definition) is 1. The Morgan fingerprint density at radius 3 is 2.10 bits per heavy atom. The summed E-state index contributed by atoms with van der Waals surface area (Å²) in [7, 11) is 1.42. The normalized spacial score (nSPS) is 13.4. The summed E-state index contributed by atoms with van der Waals surface area (Å²) >= 11 is 0. The van der Waals surface area contributed by atoms with E-state index in [1.807, 2.05) is 48.5 Å². The van der Waals surface area contributed by atoms with E-state index in [2.05, 4.69) is 12.1 Å². The second-order valence-corrected chi connectivity index (χ2v) is 11.0. The van der Waals surface area contributed by atoms with E-state index in [0.29, 0.717) is 16.5 Å². The Balaban J connectivity index is 1.35. The van der Waals surface area contributed by atoms with Gasteiger partial charge in [0.05, 0.1) is 5.52 Å². The molecule has 1 aliphatic carbocycles. The van der Waals surface area contributed by atoms with Crippen molar-refractivity contribution in [2.24, 2.45) is 0 Å². The van der Waals surface area contributed by atoms with E-state index in [-0.39, 0.29) is 18.9 Å². The van der Waals surface area contributed by atoms with Crippen molar-refractivity contribution in [1.82, 2.24) is 9.47 Å². The van der Waals surface area contributed by atoms with Crippen LogP contribution < -0.4 is 0 Å². The molecule has 1 heterocycles. The second-order valence-electron chi connectivity index (χ2n) is 11.0. The molecule has 5 rings (SSSR count). The lowest BCUT2D eigenvalue weighted by Gasteiger charge is -2.25. The minimum atomic E-state index is -1.21. The molecule has 0 unspecified atom stereocenters. The monoisotopic (exact) mass is 540 g/mol. The van der Waals surface area contributed by atoms with Gasteiger partial charge >= 0.3 is 18.2 Å². The Hall–Kier alpha value is -4.59. The molecule has 1 N–H and O–H groups in total. The maximum Gasteiger partial charge on any atom is 0.419 e. The molecule has 3 aromatic carbocycles. The van der Waals surface area contributed by atoms with Gasteiger partial charge in [-0.3, -0.25) is 9.47 Å². The van der Waals surface area contributed by atoms with Gasteiger partial charge in [0.2, 0.25) is 0 Å². The van der Waals surface area contributed by atoms with Crippen molar-refractivity contribution in [2.45, 2.75) is 44.8 Å². The quantitative estimate of drug-likeness (QED) is 0.308. The molecule has 8 heteroatoms. The number of likely N-dealkylation sites (N-methyl/N-ethyl adjacent to an activating group) is 1. The first-order chi connectivity index (χ1) is 19.0. The summed E-state index contributed by atoms with van der Waals surface area (Å²) in [5, 5.41) is 10.8. The predicted molar refractivity (Wildman–Crippen MR) is 152 cm³/mol. The third-order valence-electron chi connectivity index (χ3n) is 7.17. The molecule has 1 aromatic heterocycles. The number of ether oxygens (including phenoxy) is 2. The van der Waals surface area contributed by atoms with Gasteiger partial charge < -0.3 is 14.6 Å². The minimum absolute atomic E-state index is 0.0215. The standard InChI is InChI=1S/C32H32N2O6/c1-32(2,3)40-31(38)34-18-20(21-11-9-10-16-27(21)34)17-28(29(35)36)33(4)30(37)39-19-26-24-14-7-5-12-22(24)23-13-6-8-15-25(23)26/h5-16,18,26,28H,17,19H2,1-4H3,(H,35,36)/t28-/m1/s1. The largest absolute Gasteiger partial charge is 0.480 e. The van der Waals surface area contributed by atoms with Gasteiger partial charge in [-0.15, -0.1) is 0 Å². The number of para-hydroxylation sites is 1. The third kappa shape index (κ3) is 5.17. The SMILES string of the molecule is CN(C(=O)OCC1c2ccccc2-c2ccccc21)[C@H](Cc1cn(C(=O)OC(C)(C)C)c2ccccc12)C(=O)O. The Labute approximate surface area is 232 Å². The van der Waals surface area contributed by atoms with Gasteiger partial charge in [-0.05, 0) is 54.7 Å². The van der Waals surface area contributed by atoms with Gasteiger partial charge in [0.25, 0.3) is 0 Å². The fourth-order valence-corrected chi connectivity index (χ4v) is 5.30. The molecule has 0 aliphatic heterocycles. The van der Waals surface area contributed by atoms with Crippen LogP contribution in [0.1, 0.15) is 43.4 Å². The number of aliphatic carboxylic acids is 1. The second kappa shape index (κ2) is 10.5. The molecule has 0 spiro atoms. The first kappa shape index (κ1) is 27.0. The number of carboxylic acid groups (broad SMARTS) is 1. The first-order valence-corrected chi connectivity index (χ1v) is 13.2. The van der Waals surface area contributed by atoms with Crippen LogP contribution in [0.25, 0.3) is 22.0 Å². The van der Waals surface area contributed by atoms with Crippen molar-refractivity contribution in [3.05, 3.63) is 95.7 Å². The molecule has 0 radical (unpaired) electrons. The van der Waals surface area contributed by atoms with Crippen LogP contribution in [0.3, 0.4) is 0 Å². The fraction of sp³-hybridized carbons (Fsp3) is 0.281. The van der Waals surface area contributed by atoms with Crippen LogP contribution in [-0.2, 0) is 20.7 Å². The highest BCUT2D eigenvalue weighted by molar-refractivity contribution is 5.93. The average molecular weight is 541 g/mol. The lowest BCUT2D eigenvalue weighted by molar-refractivity contribution is -0.142. The maximum absolute atomic E-state index is 13.2. The molecule has 4 aromatic rings. The molecule has 0 bridgehead atoms. The predicted octanol–water partition coefficient (Wildman–Crippen LogP) is 6.30. The van der Waals surface area contributed by atoms with Crippen LogP contribution in [-0.4, -0.2) is 58.0 Å². The molecule has 1 atom stereocenters. The van der Waals surface area contributed by atoms with E-state index in [1.54, 1.807) is 39.1 Å². The van der Waals surface area contributed by atoms with Crippen LogP contribution in [0.5, 0.6) is 0 Å². The molecular formula is C32H32N2O6. The van der Waals surface area contributed by atoms with E-state index in [1.165, 1.54) is 11.6 Å². The molecule has 206 valence electrons. The van der Waals surface area contributed by atoms with Crippen molar-refractivity contribution in [3.8, 4) is 11.1 Å². The third-order valence-corrected chi connectivity index (χ3v) is 7.17. The lowest BCUT2D eigenvalue weighted by Crippen LogP contribution is -2.44. The number of carboxylic acids is 1. The molecule has 0 saturated heterocycles. The maximum atomic E-state index is 13.2. The zero-order chi connectivity index (χ0) is 28.6. The van der Waals surface area contributed by atoms with Crippen LogP contribution >= 0.6 is 0 Å². The van der Waals surface area contributed by atoms with Crippen molar-refractivity contribution in [2.75, 3.05) is 13.7 Å². The minimum Gasteiger partial charge on any atom is -0.480 e. The fourth-order valence-electron chi connectivity index (χ4n) is 5.30. The molecule has 0 saturated carbocycles. The topological polar surface area (TPSA) is 98.1 Å². The molecule has 40 heavy (non-hydrogen) atoms. The van der Waals surface area contributed by atoms with Gasteiger partial charge in [0.15, 0.2) is 0 Å². The highest BCUT2D eigenvalue weighted by Gasteiger charge is 2.33. The van der Waals surface area contributed by atoms with Crippen molar-refractivity contribution in [3.63, 3.8) is 0 Å². The van der Waals surface area contributed by atoms with Crippen molar-refractivity contribution >= 4 is 29.1 Å². The van der Waals surface area contributed by atoms with Gasteiger partial charge in [-0.2, -0.15) is 0 Å². The molecule has 0 fully saturated rings. The zero-order valence-corrected chi connectivity index (χ0v) is 23.0. The first-order valence-electron chi connectivity index (χ1n) is 13.2. The number of carbonyl (C=O) groups excluding carboxylic acids is 2. The molecular weight excluding hydrogens is 508 g/mol. The lowest BCUT2D eigenvalue weighted by atomic mass is 9.98. The highest BCUT2D eigenvalue weighted by Crippen LogP contribution is 2.44. The van der Waals surface area contributed by atoms with Crippen LogP contribution in [0.15, 0.2) is 79.0 Å². The van der Waals surface area contributed by atoms with Gasteiger partial charge in [-0.25, -0.2) is 14.4 Å². The van der Waals surface area contributed by atoms with Crippen LogP contribution in [0.4, 0.5) is 9.59 Å². The Bertz CT molecular complexity index is 1550. The number of hydrogen-bond acceptors (Lipinski definition) is 5. The number of rotatable bonds is 6. The summed E-state index contributed by atoms with van der Waals surface area (Å²) in [6, 6.07) is 22.0. The number of fused-ring (bicyclic) bond motifs is 4. The smallest absolute Gasteiger partial charge is 0.419 e. The number of nitrogens with zero attached hydrogens (tertiary/aromatic N) is 2. The van der Waals surface area contributed by atoms with E-state index in [4.69, 9.17) is 9.47 Å². The number of amides is 1. The summed E-state index contributed by atoms with van der Waals surface area (Å²) in [5.41, 5.74) is 4.87. The van der Waals surface area contributed by atoms with Crippen LogP contribution in [0, 0.1) is 0 Å². The summed E-state index contributed by atoms with van der Waals surface area (Å²) in [6.45, 7) is 5.42. The summed E-state index contributed by atoms with van der Waals surface area (Å²) in [4.78, 5) is 39.5. The Morgan fingerprint density at radius 2 is 1.50 bits per heavy atom. The van der Waals surface area contributed by atoms with E-state index in [0.717, 1.165) is 27.2 Å². The molecule has 8 nitrogen and oxygen atoms in total. The number of carbonyl (C=O) groups is 3. The Morgan fingerprint density at radius 1 is 0.925 bits per heavy atom. The van der Waals surface area contributed by atoms with Crippen LogP contribution in [0.2, 0.25) is 0 Å². The summed E-state index contributed by atoms with van der Waals surface area (Å²) in [6.07, 6.45) is 0.268. The average Bonchev–Trinajstić information content (AvgIpc) is 3.45. The van der Waals surface area contributed by atoms with Crippen molar-refractivity contribution < 1.29 is 29.0 Å². The molecule has 1 aliphatic rings. The van der Waals surface area contributed by atoms with Crippen molar-refractivity contribution in [1.29, 1.82) is 0 Å². The zero-order valence-electron chi connectivity index (χ0n) is 23.0. The number of benzene rings is 3.